The first-order valence-corrected chi connectivity index (χ1v) is 9.94. The minimum atomic E-state index is -0.334. The minimum Gasteiger partial charge on any atom is -0.370 e. The van der Waals surface area contributed by atoms with Crippen molar-refractivity contribution in [3.63, 3.8) is 0 Å². The first-order chi connectivity index (χ1) is 14.0. The van der Waals surface area contributed by atoms with Gasteiger partial charge in [-0.3, -0.25) is 9.59 Å². The Labute approximate surface area is 171 Å². The van der Waals surface area contributed by atoms with Gasteiger partial charge in [0.15, 0.2) is 0 Å². The Morgan fingerprint density at radius 1 is 1.14 bits per heavy atom. The topological polar surface area (TPSA) is 99.2 Å². The van der Waals surface area contributed by atoms with Gasteiger partial charge in [-0.2, -0.15) is 4.98 Å². The van der Waals surface area contributed by atoms with Crippen molar-refractivity contribution in [2.24, 2.45) is 5.92 Å². The van der Waals surface area contributed by atoms with Gasteiger partial charge in [0, 0.05) is 50.0 Å². The molecule has 0 radical (unpaired) electrons. The van der Waals surface area contributed by atoms with E-state index in [0.29, 0.717) is 25.6 Å². The highest BCUT2D eigenvalue weighted by Gasteiger charge is 2.34. The maximum atomic E-state index is 12.5. The third kappa shape index (κ3) is 5.43. The van der Waals surface area contributed by atoms with Crippen molar-refractivity contribution < 1.29 is 9.59 Å². The number of amides is 2. The summed E-state index contributed by atoms with van der Waals surface area (Å²) < 4.78 is 0. The van der Waals surface area contributed by atoms with Gasteiger partial charge in [0.2, 0.25) is 17.8 Å². The molecule has 1 aliphatic rings. The zero-order chi connectivity index (χ0) is 20.8. The van der Waals surface area contributed by atoms with Crippen LogP contribution in [0.1, 0.15) is 24.6 Å². The van der Waals surface area contributed by atoms with Crippen molar-refractivity contribution in [2.45, 2.75) is 27.2 Å². The lowest BCUT2D eigenvalue weighted by atomic mass is 10.1. The monoisotopic (exact) mass is 396 g/mol. The van der Waals surface area contributed by atoms with Crippen molar-refractivity contribution in [2.75, 3.05) is 41.7 Å². The second-order valence-electron chi connectivity index (χ2n) is 7.21. The molecule has 3 N–H and O–H groups in total. The van der Waals surface area contributed by atoms with Gasteiger partial charge in [-0.15, -0.1) is 0 Å². The second-order valence-corrected chi connectivity index (χ2v) is 7.21. The van der Waals surface area contributed by atoms with E-state index in [0.717, 1.165) is 29.3 Å². The summed E-state index contributed by atoms with van der Waals surface area (Å²) in [6.07, 6.45) is 0.236. The van der Waals surface area contributed by atoms with Gasteiger partial charge in [0.25, 0.3) is 0 Å². The van der Waals surface area contributed by atoms with Crippen molar-refractivity contribution >= 4 is 29.3 Å². The smallest absolute Gasteiger partial charge is 0.227 e. The fourth-order valence-corrected chi connectivity index (χ4v) is 3.28. The number of nitrogens with one attached hydrogen (secondary N) is 3. The summed E-state index contributed by atoms with van der Waals surface area (Å²) in [5, 5.41) is 9.19. The Kier molecular flexibility index (Phi) is 6.64. The summed E-state index contributed by atoms with van der Waals surface area (Å²) in [6.45, 7) is 8.05. The van der Waals surface area contributed by atoms with Crippen LogP contribution in [0.4, 0.5) is 17.5 Å². The molecular formula is C21H28N6O2. The van der Waals surface area contributed by atoms with E-state index in [9.17, 15) is 9.59 Å². The number of aromatic nitrogens is 2. The second kappa shape index (κ2) is 9.36. The molecule has 0 bridgehead atoms. The van der Waals surface area contributed by atoms with E-state index in [-0.39, 0.29) is 24.2 Å². The normalized spacial score (nSPS) is 16.0. The SMILES string of the molecule is CCNc1cc(C)nc(NCCNC(=O)C2CC(=O)N(c3ccc(C)cc3)C2)n1. The number of rotatable bonds is 8. The maximum Gasteiger partial charge on any atom is 0.227 e. The Morgan fingerprint density at radius 2 is 1.90 bits per heavy atom. The summed E-state index contributed by atoms with van der Waals surface area (Å²) in [6, 6.07) is 9.65. The van der Waals surface area contributed by atoms with Crippen molar-refractivity contribution in [1.82, 2.24) is 15.3 Å². The van der Waals surface area contributed by atoms with Crippen LogP contribution in [0.25, 0.3) is 0 Å². The molecule has 0 spiro atoms. The van der Waals surface area contributed by atoms with Crippen molar-refractivity contribution in [1.29, 1.82) is 0 Å². The highest BCUT2D eigenvalue weighted by molar-refractivity contribution is 6.00. The predicted molar refractivity (Wildman–Crippen MR) is 114 cm³/mol. The first kappa shape index (κ1) is 20.6. The van der Waals surface area contributed by atoms with Gasteiger partial charge in [-0.25, -0.2) is 4.98 Å². The van der Waals surface area contributed by atoms with E-state index in [1.807, 2.05) is 51.1 Å². The Balaban J connectivity index is 1.46. The number of benzene rings is 1. The average molecular weight is 396 g/mol. The van der Waals surface area contributed by atoms with Crippen molar-refractivity contribution in [3.05, 3.63) is 41.6 Å². The number of carbonyl (C=O) groups excluding carboxylic acids is 2. The van der Waals surface area contributed by atoms with Crippen LogP contribution >= 0.6 is 0 Å². The minimum absolute atomic E-state index is 0.0174. The van der Waals surface area contributed by atoms with Gasteiger partial charge in [0.05, 0.1) is 5.92 Å². The third-order valence-electron chi connectivity index (χ3n) is 4.76. The molecule has 8 heteroatoms. The highest BCUT2D eigenvalue weighted by Crippen LogP contribution is 2.25. The fraction of sp³-hybridized carbons (Fsp3) is 0.429. The van der Waals surface area contributed by atoms with Crippen LogP contribution in [0, 0.1) is 19.8 Å². The van der Waals surface area contributed by atoms with Gasteiger partial charge >= 0.3 is 0 Å². The van der Waals surface area contributed by atoms with Crippen LogP contribution in [-0.4, -0.2) is 48.0 Å². The molecule has 1 aliphatic heterocycles. The molecule has 0 saturated carbocycles. The highest BCUT2D eigenvalue weighted by atomic mass is 16.2. The van der Waals surface area contributed by atoms with E-state index in [2.05, 4.69) is 25.9 Å². The molecule has 0 aliphatic carbocycles. The molecule has 2 heterocycles. The molecule has 29 heavy (non-hydrogen) atoms. The summed E-state index contributed by atoms with van der Waals surface area (Å²) in [7, 11) is 0. The molecule has 2 amide bonds. The van der Waals surface area contributed by atoms with Gasteiger partial charge in [0.1, 0.15) is 5.82 Å². The number of nitrogens with zero attached hydrogens (tertiary/aromatic N) is 3. The largest absolute Gasteiger partial charge is 0.370 e. The average Bonchev–Trinajstić information content (AvgIpc) is 3.07. The number of anilines is 3. The molecule has 1 atom stereocenters. The van der Waals surface area contributed by atoms with E-state index >= 15 is 0 Å². The number of carbonyl (C=O) groups is 2. The lowest BCUT2D eigenvalue weighted by Crippen LogP contribution is -2.35. The van der Waals surface area contributed by atoms with Crippen LogP contribution in [0.3, 0.4) is 0 Å². The summed E-state index contributed by atoms with van der Waals surface area (Å²) in [5.74, 6) is 0.841. The van der Waals surface area contributed by atoms with Crippen LogP contribution in [0.15, 0.2) is 30.3 Å². The fourth-order valence-electron chi connectivity index (χ4n) is 3.28. The Morgan fingerprint density at radius 3 is 2.62 bits per heavy atom. The van der Waals surface area contributed by atoms with Crippen LogP contribution in [-0.2, 0) is 9.59 Å². The van der Waals surface area contributed by atoms with E-state index in [4.69, 9.17) is 0 Å². The molecule has 154 valence electrons. The predicted octanol–water partition coefficient (Wildman–Crippen LogP) is 2.11. The number of hydrogen-bond acceptors (Lipinski definition) is 6. The molecule has 3 rings (SSSR count). The lowest BCUT2D eigenvalue weighted by Gasteiger charge is -2.17. The Bertz CT molecular complexity index is 868. The molecular weight excluding hydrogens is 368 g/mol. The summed E-state index contributed by atoms with van der Waals surface area (Å²) in [4.78, 5) is 35.2. The molecule has 8 nitrogen and oxygen atoms in total. The molecule has 1 unspecified atom stereocenters. The van der Waals surface area contributed by atoms with E-state index < -0.39 is 0 Å². The zero-order valence-electron chi connectivity index (χ0n) is 17.2. The molecule has 2 aromatic rings. The van der Waals surface area contributed by atoms with Crippen LogP contribution < -0.4 is 20.9 Å². The summed E-state index contributed by atoms with van der Waals surface area (Å²) in [5.41, 5.74) is 2.84. The lowest BCUT2D eigenvalue weighted by molar-refractivity contribution is -0.126. The zero-order valence-corrected chi connectivity index (χ0v) is 17.2. The summed E-state index contributed by atoms with van der Waals surface area (Å²) >= 11 is 0. The van der Waals surface area contributed by atoms with Crippen LogP contribution in [0.5, 0.6) is 0 Å². The quantitative estimate of drug-likeness (QED) is 0.591. The van der Waals surface area contributed by atoms with E-state index in [1.165, 1.54) is 0 Å². The number of aryl methyl sites for hydroxylation is 2. The van der Waals surface area contributed by atoms with Crippen LogP contribution in [0.2, 0.25) is 0 Å². The van der Waals surface area contributed by atoms with Crippen molar-refractivity contribution in [3.8, 4) is 0 Å². The van der Waals surface area contributed by atoms with E-state index in [1.54, 1.807) is 4.90 Å². The molecule has 1 saturated heterocycles. The van der Waals surface area contributed by atoms with Gasteiger partial charge in [-0.05, 0) is 32.9 Å². The standard InChI is InChI=1S/C21H28N6O2/c1-4-22-18-11-15(3)25-21(26-18)24-10-9-23-20(29)16-12-19(28)27(13-16)17-7-5-14(2)6-8-17/h5-8,11,16H,4,9-10,12-13H2,1-3H3,(H,23,29)(H2,22,24,25,26). The molecule has 1 aromatic heterocycles. The van der Waals surface area contributed by atoms with Gasteiger partial charge < -0.3 is 20.9 Å². The number of hydrogen-bond donors (Lipinski definition) is 3. The maximum absolute atomic E-state index is 12.5. The Hall–Kier alpha value is -3.16. The molecule has 1 aromatic carbocycles. The third-order valence-corrected chi connectivity index (χ3v) is 4.76. The molecule has 1 fully saturated rings. The van der Waals surface area contributed by atoms with Gasteiger partial charge in [-0.1, -0.05) is 17.7 Å². The first-order valence-electron chi connectivity index (χ1n) is 9.94.